The molecule has 5 nitrogen and oxygen atoms in total. The van der Waals surface area contributed by atoms with Crippen LogP contribution in [0.5, 0.6) is 0 Å². The number of nitrogens with one attached hydrogen (secondary N) is 1. The van der Waals surface area contributed by atoms with Crippen molar-refractivity contribution in [2.45, 2.75) is 19.4 Å². The van der Waals surface area contributed by atoms with Gasteiger partial charge in [-0.05, 0) is 43.2 Å². The lowest BCUT2D eigenvalue weighted by Crippen LogP contribution is -2.44. The first kappa shape index (κ1) is 18.7. The van der Waals surface area contributed by atoms with Crippen molar-refractivity contribution in [1.29, 1.82) is 0 Å². The second kappa shape index (κ2) is 7.68. The molecule has 0 spiro atoms. The lowest BCUT2D eigenvalue weighted by Gasteiger charge is -2.28. The molecule has 138 valence electrons. The number of amides is 1. The maximum Gasteiger partial charge on any atom is 0.246 e. The van der Waals surface area contributed by atoms with Gasteiger partial charge in [-0.1, -0.05) is 35.9 Å². The topological polar surface area (TPSA) is 66.5 Å². The Bertz CT molecular complexity index is 900. The number of benzene rings is 2. The number of aryl methyl sites for hydroxylation is 1. The Morgan fingerprint density at radius 1 is 1.23 bits per heavy atom. The molecule has 3 rings (SSSR count). The average Bonchev–Trinajstić information content (AvgIpc) is 2.95. The van der Waals surface area contributed by atoms with E-state index in [2.05, 4.69) is 5.32 Å². The van der Waals surface area contributed by atoms with E-state index >= 15 is 0 Å². The Balaban J connectivity index is 1.79. The molecule has 7 heteroatoms. The molecule has 2 aromatic rings. The minimum Gasteiger partial charge on any atom is -0.375 e. The van der Waals surface area contributed by atoms with Crippen LogP contribution < -0.4 is 10.2 Å². The smallest absolute Gasteiger partial charge is 0.246 e. The zero-order valence-electron chi connectivity index (χ0n) is 14.5. The van der Waals surface area contributed by atoms with Gasteiger partial charge in [0.2, 0.25) is 5.91 Å². The highest BCUT2D eigenvalue weighted by Crippen LogP contribution is 2.26. The highest BCUT2D eigenvalue weighted by Gasteiger charge is 2.35. The van der Waals surface area contributed by atoms with Gasteiger partial charge in [0.1, 0.15) is 0 Å². The molecule has 1 saturated heterocycles. The van der Waals surface area contributed by atoms with E-state index in [1.54, 1.807) is 4.90 Å². The predicted octanol–water partition coefficient (Wildman–Crippen LogP) is 3.28. The van der Waals surface area contributed by atoms with Crippen molar-refractivity contribution in [1.82, 2.24) is 0 Å². The van der Waals surface area contributed by atoms with Crippen molar-refractivity contribution in [3.05, 3.63) is 59.1 Å². The molecule has 0 saturated carbocycles. The number of hydrogen-bond donors (Lipinski definition) is 1. The Morgan fingerprint density at radius 3 is 2.58 bits per heavy atom. The van der Waals surface area contributed by atoms with E-state index in [1.807, 2.05) is 55.5 Å². The van der Waals surface area contributed by atoms with Crippen molar-refractivity contribution >= 4 is 38.7 Å². The van der Waals surface area contributed by atoms with Gasteiger partial charge in [0.25, 0.3) is 0 Å². The minimum atomic E-state index is -3.10. The standard InChI is InChI=1S/C19H21ClN2O3S/c1-14-7-8-18(17(20)11-14)21-12-19(23)22(15-5-3-2-4-6-15)16-9-10-26(24,25)13-16/h2-8,11,16,21H,9-10,12-13H2,1H3/t16-/m0/s1. The second-order valence-electron chi connectivity index (χ2n) is 6.49. The van der Waals surface area contributed by atoms with Gasteiger partial charge in [0, 0.05) is 5.69 Å². The van der Waals surface area contributed by atoms with Crippen molar-refractivity contribution in [2.75, 3.05) is 28.3 Å². The average molecular weight is 393 g/mol. The fourth-order valence-corrected chi connectivity index (χ4v) is 5.15. The number of carbonyl (C=O) groups is 1. The molecule has 1 heterocycles. The van der Waals surface area contributed by atoms with E-state index in [0.717, 1.165) is 5.56 Å². The van der Waals surface area contributed by atoms with Crippen LogP contribution in [0, 0.1) is 6.92 Å². The first-order chi connectivity index (χ1) is 12.4. The van der Waals surface area contributed by atoms with Crippen LogP contribution in [0.25, 0.3) is 0 Å². The summed E-state index contributed by atoms with van der Waals surface area (Å²) in [6.45, 7) is 1.98. The molecular formula is C19H21ClN2O3S. The third-order valence-electron chi connectivity index (χ3n) is 4.43. The predicted molar refractivity (Wildman–Crippen MR) is 106 cm³/mol. The molecule has 0 aromatic heterocycles. The van der Waals surface area contributed by atoms with Gasteiger partial charge in [-0.3, -0.25) is 4.79 Å². The fraction of sp³-hybridized carbons (Fsp3) is 0.316. The maximum atomic E-state index is 12.9. The molecule has 2 aromatic carbocycles. The monoisotopic (exact) mass is 392 g/mol. The summed E-state index contributed by atoms with van der Waals surface area (Å²) < 4.78 is 23.8. The first-order valence-electron chi connectivity index (χ1n) is 8.43. The third kappa shape index (κ3) is 4.37. The number of halogens is 1. The van der Waals surface area contributed by atoms with Gasteiger partial charge in [0.15, 0.2) is 9.84 Å². The zero-order chi connectivity index (χ0) is 18.7. The Morgan fingerprint density at radius 2 is 1.96 bits per heavy atom. The molecular weight excluding hydrogens is 372 g/mol. The maximum absolute atomic E-state index is 12.9. The quantitative estimate of drug-likeness (QED) is 0.847. The normalized spacial score (nSPS) is 18.5. The van der Waals surface area contributed by atoms with E-state index in [-0.39, 0.29) is 30.0 Å². The summed E-state index contributed by atoms with van der Waals surface area (Å²) in [5.74, 6) is -0.0697. The third-order valence-corrected chi connectivity index (χ3v) is 6.49. The summed E-state index contributed by atoms with van der Waals surface area (Å²) >= 11 is 6.21. The highest BCUT2D eigenvalue weighted by molar-refractivity contribution is 7.91. The van der Waals surface area contributed by atoms with Crippen LogP contribution in [-0.2, 0) is 14.6 Å². The summed E-state index contributed by atoms with van der Waals surface area (Å²) in [6.07, 6.45) is 0.453. The molecule has 1 atom stereocenters. The molecule has 1 N–H and O–H groups in total. The first-order valence-corrected chi connectivity index (χ1v) is 10.6. The molecule has 0 aliphatic carbocycles. The molecule has 0 bridgehead atoms. The number of rotatable bonds is 5. The molecule has 0 radical (unpaired) electrons. The molecule has 1 fully saturated rings. The molecule has 1 amide bonds. The van der Waals surface area contributed by atoms with E-state index in [9.17, 15) is 13.2 Å². The van der Waals surface area contributed by atoms with E-state index in [4.69, 9.17) is 11.6 Å². The van der Waals surface area contributed by atoms with Crippen LogP contribution in [0.4, 0.5) is 11.4 Å². The SMILES string of the molecule is Cc1ccc(NCC(=O)N(c2ccccc2)[C@H]2CCS(=O)(=O)C2)c(Cl)c1. The number of para-hydroxylation sites is 1. The summed E-state index contributed by atoms with van der Waals surface area (Å²) in [6, 6.07) is 14.4. The van der Waals surface area contributed by atoms with Gasteiger partial charge >= 0.3 is 0 Å². The number of anilines is 2. The van der Waals surface area contributed by atoms with Crippen LogP contribution in [0.3, 0.4) is 0 Å². The van der Waals surface area contributed by atoms with Gasteiger partial charge in [-0.25, -0.2) is 8.42 Å². The molecule has 26 heavy (non-hydrogen) atoms. The van der Waals surface area contributed by atoms with Crippen LogP contribution in [0.2, 0.25) is 5.02 Å². The Hall–Kier alpha value is -2.05. The summed E-state index contributed by atoms with van der Waals surface area (Å²) in [5.41, 5.74) is 2.42. The number of sulfone groups is 1. The van der Waals surface area contributed by atoms with Crippen molar-refractivity contribution in [3.63, 3.8) is 0 Å². The second-order valence-corrected chi connectivity index (χ2v) is 9.13. The zero-order valence-corrected chi connectivity index (χ0v) is 16.1. The highest BCUT2D eigenvalue weighted by atomic mass is 35.5. The molecule has 0 unspecified atom stereocenters. The van der Waals surface area contributed by atoms with Gasteiger partial charge < -0.3 is 10.2 Å². The van der Waals surface area contributed by atoms with E-state index < -0.39 is 9.84 Å². The van der Waals surface area contributed by atoms with E-state index in [1.165, 1.54) is 0 Å². The molecule has 1 aliphatic rings. The Labute approximate surface area is 158 Å². The van der Waals surface area contributed by atoms with Gasteiger partial charge in [-0.2, -0.15) is 0 Å². The Kier molecular flexibility index (Phi) is 5.53. The largest absolute Gasteiger partial charge is 0.375 e. The van der Waals surface area contributed by atoms with Gasteiger partial charge in [-0.15, -0.1) is 0 Å². The summed E-state index contributed by atoms with van der Waals surface area (Å²) in [4.78, 5) is 14.5. The number of nitrogens with zero attached hydrogens (tertiary/aromatic N) is 1. The van der Waals surface area contributed by atoms with Crippen molar-refractivity contribution < 1.29 is 13.2 Å². The van der Waals surface area contributed by atoms with Crippen molar-refractivity contribution in [2.24, 2.45) is 0 Å². The van der Waals surface area contributed by atoms with Gasteiger partial charge in [0.05, 0.1) is 34.8 Å². The number of carbonyl (C=O) groups excluding carboxylic acids is 1. The number of hydrogen-bond acceptors (Lipinski definition) is 4. The van der Waals surface area contributed by atoms with Crippen LogP contribution in [0.1, 0.15) is 12.0 Å². The van der Waals surface area contributed by atoms with Crippen molar-refractivity contribution in [3.8, 4) is 0 Å². The molecule has 1 aliphatic heterocycles. The lowest BCUT2D eigenvalue weighted by molar-refractivity contribution is -0.117. The summed E-state index contributed by atoms with van der Waals surface area (Å²) in [5, 5.41) is 3.61. The van der Waals surface area contributed by atoms with Crippen LogP contribution in [-0.4, -0.2) is 38.4 Å². The van der Waals surface area contributed by atoms with Crippen LogP contribution in [0.15, 0.2) is 48.5 Å². The van der Waals surface area contributed by atoms with Crippen LogP contribution >= 0.6 is 11.6 Å². The lowest BCUT2D eigenvalue weighted by atomic mass is 10.1. The summed E-state index contributed by atoms with van der Waals surface area (Å²) in [7, 11) is -3.10. The van der Waals surface area contributed by atoms with E-state index in [0.29, 0.717) is 22.8 Å². The minimum absolute atomic E-state index is 0.00107. The fourth-order valence-electron chi connectivity index (χ4n) is 3.15.